The van der Waals surface area contributed by atoms with Gasteiger partial charge in [0.1, 0.15) is 0 Å². The van der Waals surface area contributed by atoms with Gasteiger partial charge in [-0.1, -0.05) is 48.0 Å². The summed E-state index contributed by atoms with van der Waals surface area (Å²) in [5.74, 6) is -1.50. The zero-order valence-corrected chi connectivity index (χ0v) is 15.5. The van der Waals surface area contributed by atoms with Gasteiger partial charge in [0.05, 0.1) is 5.60 Å². The molecular weight excluding hydrogens is 328 g/mol. The number of nitrogens with one attached hydrogen (secondary N) is 2. The van der Waals surface area contributed by atoms with Crippen molar-refractivity contribution in [2.24, 2.45) is 0 Å². The second-order valence-corrected chi connectivity index (χ2v) is 6.94. The maximum atomic E-state index is 12.0. The van der Waals surface area contributed by atoms with Gasteiger partial charge >= 0.3 is 11.8 Å². The number of benzene rings is 2. The second-order valence-electron chi connectivity index (χ2n) is 6.94. The standard InChI is InChI=1S/C21H26N2O3/c1-15-9-10-18(16(2)13-15)23-20(25)19(24)22-14-21(3,26)12-11-17-7-5-4-6-8-17/h4-10,13,26H,11-12,14H2,1-3H3,(H,22,24)(H,23,25). The van der Waals surface area contributed by atoms with Crippen LogP contribution in [0.4, 0.5) is 5.69 Å². The molecule has 0 fully saturated rings. The molecule has 3 N–H and O–H groups in total. The first kappa shape index (κ1) is 19.7. The van der Waals surface area contributed by atoms with Crippen LogP contribution < -0.4 is 10.6 Å². The van der Waals surface area contributed by atoms with Crippen LogP contribution >= 0.6 is 0 Å². The van der Waals surface area contributed by atoms with E-state index in [2.05, 4.69) is 10.6 Å². The molecule has 0 aliphatic carbocycles. The first-order chi connectivity index (χ1) is 12.3. The van der Waals surface area contributed by atoms with Crippen LogP contribution in [0.15, 0.2) is 48.5 Å². The van der Waals surface area contributed by atoms with Gasteiger partial charge in [-0.05, 0) is 50.8 Å². The monoisotopic (exact) mass is 354 g/mol. The summed E-state index contributed by atoms with van der Waals surface area (Å²) < 4.78 is 0. The van der Waals surface area contributed by atoms with Crippen molar-refractivity contribution in [2.75, 3.05) is 11.9 Å². The summed E-state index contributed by atoms with van der Waals surface area (Å²) in [4.78, 5) is 24.1. The third-order valence-corrected chi connectivity index (χ3v) is 4.26. The highest BCUT2D eigenvalue weighted by Crippen LogP contribution is 2.16. The van der Waals surface area contributed by atoms with Crippen LogP contribution in [0.1, 0.15) is 30.0 Å². The average molecular weight is 354 g/mol. The molecule has 0 radical (unpaired) electrons. The Morgan fingerprint density at radius 3 is 2.38 bits per heavy atom. The van der Waals surface area contributed by atoms with E-state index in [1.165, 1.54) is 0 Å². The lowest BCUT2D eigenvalue weighted by Crippen LogP contribution is -2.44. The largest absolute Gasteiger partial charge is 0.388 e. The van der Waals surface area contributed by atoms with Crippen LogP contribution in [-0.2, 0) is 16.0 Å². The predicted molar refractivity (Wildman–Crippen MR) is 103 cm³/mol. The number of aryl methyl sites for hydroxylation is 3. The van der Waals surface area contributed by atoms with E-state index in [1.54, 1.807) is 13.0 Å². The smallest absolute Gasteiger partial charge is 0.313 e. The molecule has 0 bridgehead atoms. The molecule has 5 heteroatoms. The lowest BCUT2D eigenvalue weighted by Gasteiger charge is -2.23. The Kier molecular flexibility index (Phi) is 6.52. The van der Waals surface area contributed by atoms with Crippen LogP contribution in [0.3, 0.4) is 0 Å². The number of carbonyl (C=O) groups excluding carboxylic acids is 2. The Hall–Kier alpha value is -2.66. The van der Waals surface area contributed by atoms with E-state index in [1.807, 2.05) is 56.3 Å². The van der Waals surface area contributed by atoms with E-state index in [0.29, 0.717) is 18.5 Å². The maximum Gasteiger partial charge on any atom is 0.313 e. The van der Waals surface area contributed by atoms with Crippen molar-refractivity contribution in [3.63, 3.8) is 0 Å². The number of aliphatic hydroxyl groups is 1. The van der Waals surface area contributed by atoms with Crippen molar-refractivity contribution < 1.29 is 14.7 Å². The molecule has 5 nitrogen and oxygen atoms in total. The van der Waals surface area contributed by atoms with Gasteiger partial charge in [-0.3, -0.25) is 9.59 Å². The molecule has 1 unspecified atom stereocenters. The van der Waals surface area contributed by atoms with Crippen LogP contribution in [0.5, 0.6) is 0 Å². The summed E-state index contributed by atoms with van der Waals surface area (Å²) in [6.45, 7) is 5.49. The molecule has 26 heavy (non-hydrogen) atoms. The molecule has 0 saturated heterocycles. The zero-order chi connectivity index (χ0) is 19.2. The van der Waals surface area contributed by atoms with Gasteiger partial charge in [0.2, 0.25) is 0 Å². The Labute approximate surface area is 154 Å². The second kappa shape index (κ2) is 8.63. The minimum absolute atomic E-state index is 0.0129. The number of hydrogen-bond donors (Lipinski definition) is 3. The minimum atomic E-state index is -1.09. The van der Waals surface area contributed by atoms with Crippen LogP contribution in [0.2, 0.25) is 0 Å². The van der Waals surface area contributed by atoms with E-state index in [9.17, 15) is 14.7 Å². The lowest BCUT2D eigenvalue weighted by molar-refractivity contribution is -0.136. The first-order valence-corrected chi connectivity index (χ1v) is 8.69. The van der Waals surface area contributed by atoms with E-state index in [4.69, 9.17) is 0 Å². The molecule has 2 aromatic rings. The van der Waals surface area contributed by atoms with E-state index in [0.717, 1.165) is 16.7 Å². The van der Waals surface area contributed by atoms with Gasteiger partial charge in [-0.15, -0.1) is 0 Å². The maximum absolute atomic E-state index is 12.0. The van der Waals surface area contributed by atoms with E-state index >= 15 is 0 Å². The third-order valence-electron chi connectivity index (χ3n) is 4.26. The number of anilines is 1. The molecule has 0 aliphatic rings. The SMILES string of the molecule is Cc1ccc(NC(=O)C(=O)NCC(C)(O)CCc2ccccc2)c(C)c1. The van der Waals surface area contributed by atoms with E-state index in [-0.39, 0.29) is 6.54 Å². The lowest BCUT2D eigenvalue weighted by atomic mass is 9.97. The summed E-state index contributed by atoms with van der Waals surface area (Å²) in [7, 11) is 0. The Balaban J connectivity index is 1.83. The number of hydrogen-bond acceptors (Lipinski definition) is 3. The normalized spacial score (nSPS) is 12.9. The molecule has 138 valence electrons. The topological polar surface area (TPSA) is 78.4 Å². The summed E-state index contributed by atoms with van der Waals surface area (Å²) in [5.41, 5.74) is 2.60. The summed E-state index contributed by atoms with van der Waals surface area (Å²) >= 11 is 0. The fraction of sp³-hybridized carbons (Fsp3) is 0.333. The van der Waals surface area contributed by atoms with Gasteiger partial charge in [-0.2, -0.15) is 0 Å². The third kappa shape index (κ3) is 6.01. The highest BCUT2D eigenvalue weighted by molar-refractivity contribution is 6.39. The molecule has 2 rings (SSSR count). The van der Waals surface area contributed by atoms with Gasteiger partial charge in [0, 0.05) is 12.2 Å². The van der Waals surface area contributed by atoms with Gasteiger partial charge in [-0.25, -0.2) is 0 Å². The Bertz CT molecular complexity index is 770. The van der Waals surface area contributed by atoms with Crippen molar-refractivity contribution in [1.82, 2.24) is 5.32 Å². The van der Waals surface area contributed by atoms with Crippen molar-refractivity contribution in [3.8, 4) is 0 Å². The zero-order valence-electron chi connectivity index (χ0n) is 15.5. The fourth-order valence-corrected chi connectivity index (χ4v) is 2.63. The first-order valence-electron chi connectivity index (χ1n) is 8.69. The van der Waals surface area contributed by atoms with Crippen molar-refractivity contribution in [3.05, 3.63) is 65.2 Å². The Morgan fingerprint density at radius 1 is 1.04 bits per heavy atom. The van der Waals surface area contributed by atoms with Gasteiger partial charge < -0.3 is 15.7 Å². The predicted octanol–water partition coefficient (Wildman–Crippen LogP) is 2.74. The highest BCUT2D eigenvalue weighted by Gasteiger charge is 2.23. The van der Waals surface area contributed by atoms with Crippen molar-refractivity contribution >= 4 is 17.5 Å². The average Bonchev–Trinajstić information content (AvgIpc) is 2.61. The van der Waals surface area contributed by atoms with Crippen LogP contribution in [-0.4, -0.2) is 29.1 Å². The molecule has 0 spiro atoms. The molecule has 2 aromatic carbocycles. The van der Waals surface area contributed by atoms with E-state index < -0.39 is 17.4 Å². The van der Waals surface area contributed by atoms with Gasteiger partial charge in [0.25, 0.3) is 0 Å². The van der Waals surface area contributed by atoms with Crippen molar-refractivity contribution in [1.29, 1.82) is 0 Å². The fourth-order valence-electron chi connectivity index (χ4n) is 2.63. The Morgan fingerprint density at radius 2 is 1.73 bits per heavy atom. The molecule has 1 atom stereocenters. The summed E-state index contributed by atoms with van der Waals surface area (Å²) in [6.07, 6.45) is 1.18. The number of rotatable bonds is 6. The quantitative estimate of drug-likeness (QED) is 0.698. The summed E-state index contributed by atoms with van der Waals surface area (Å²) in [5, 5.41) is 15.5. The molecule has 0 saturated carbocycles. The molecule has 0 aromatic heterocycles. The highest BCUT2D eigenvalue weighted by atomic mass is 16.3. The molecule has 2 amide bonds. The van der Waals surface area contributed by atoms with Crippen molar-refractivity contribution in [2.45, 2.75) is 39.2 Å². The number of amides is 2. The molecule has 0 heterocycles. The van der Waals surface area contributed by atoms with Gasteiger partial charge in [0.15, 0.2) is 0 Å². The number of carbonyl (C=O) groups is 2. The van der Waals surface area contributed by atoms with Crippen LogP contribution in [0.25, 0.3) is 0 Å². The molecular formula is C21H26N2O3. The minimum Gasteiger partial charge on any atom is -0.388 e. The summed E-state index contributed by atoms with van der Waals surface area (Å²) in [6, 6.07) is 15.4. The molecule has 0 aliphatic heterocycles. The van der Waals surface area contributed by atoms with Crippen LogP contribution in [0, 0.1) is 13.8 Å².